The van der Waals surface area contributed by atoms with Crippen LogP contribution in [0.5, 0.6) is 0 Å². The predicted molar refractivity (Wildman–Crippen MR) is 74.9 cm³/mol. The molecule has 1 fully saturated rings. The first kappa shape index (κ1) is 12.2. The van der Waals surface area contributed by atoms with Crippen molar-refractivity contribution in [2.45, 2.75) is 25.7 Å². The van der Waals surface area contributed by atoms with Gasteiger partial charge in [0.15, 0.2) is 0 Å². The van der Waals surface area contributed by atoms with Crippen LogP contribution in [-0.4, -0.2) is 33.4 Å². The number of rotatable bonds is 1. The maximum Gasteiger partial charge on any atom is 0.219 e. The first-order valence-electron chi connectivity index (χ1n) is 6.83. The second kappa shape index (κ2) is 4.68. The van der Waals surface area contributed by atoms with Gasteiger partial charge in [0.05, 0.1) is 11.0 Å². The number of carbonyl (C=O) groups is 1. The van der Waals surface area contributed by atoms with Gasteiger partial charge in [0, 0.05) is 33.0 Å². The zero-order chi connectivity index (χ0) is 13.4. The molecular formula is C15H19N3O. The Balaban J connectivity index is 1.95. The third-order valence-corrected chi connectivity index (χ3v) is 4.05. The lowest BCUT2D eigenvalue weighted by Gasteiger charge is -2.31. The van der Waals surface area contributed by atoms with Crippen molar-refractivity contribution in [3.8, 4) is 0 Å². The molecule has 4 heteroatoms. The van der Waals surface area contributed by atoms with Crippen LogP contribution in [-0.2, 0) is 11.8 Å². The minimum Gasteiger partial charge on any atom is -0.342 e. The number of aryl methyl sites for hydroxylation is 1. The van der Waals surface area contributed by atoms with Crippen LogP contribution in [0.4, 0.5) is 0 Å². The number of piperidine rings is 1. The van der Waals surface area contributed by atoms with Crippen molar-refractivity contribution in [1.82, 2.24) is 14.5 Å². The van der Waals surface area contributed by atoms with Gasteiger partial charge in [-0.25, -0.2) is 4.98 Å². The molecule has 1 atom stereocenters. The van der Waals surface area contributed by atoms with E-state index in [1.165, 1.54) is 0 Å². The van der Waals surface area contributed by atoms with Crippen LogP contribution in [0.25, 0.3) is 11.0 Å². The molecule has 0 bridgehead atoms. The molecule has 1 aliphatic rings. The number of carbonyl (C=O) groups excluding carboxylic acids is 1. The van der Waals surface area contributed by atoms with Gasteiger partial charge in [-0.3, -0.25) is 4.79 Å². The SMILES string of the molecule is CC(=O)N1CCCC(c2nc3ccccc3n2C)C1. The summed E-state index contributed by atoms with van der Waals surface area (Å²) in [6, 6.07) is 8.19. The molecule has 1 saturated heterocycles. The van der Waals surface area contributed by atoms with Gasteiger partial charge in [-0.05, 0) is 25.0 Å². The summed E-state index contributed by atoms with van der Waals surface area (Å²) in [4.78, 5) is 18.2. The second-order valence-corrected chi connectivity index (χ2v) is 5.32. The Bertz CT molecular complexity index is 617. The molecule has 1 aromatic heterocycles. The fourth-order valence-electron chi connectivity index (χ4n) is 3.00. The van der Waals surface area contributed by atoms with Crippen LogP contribution >= 0.6 is 0 Å². The summed E-state index contributed by atoms with van der Waals surface area (Å²) in [5, 5.41) is 0. The van der Waals surface area contributed by atoms with Crippen molar-refractivity contribution in [2.24, 2.45) is 7.05 Å². The highest BCUT2D eigenvalue weighted by Gasteiger charge is 2.26. The van der Waals surface area contributed by atoms with E-state index in [-0.39, 0.29) is 5.91 Å². The number of imidazole rings is 1. The van der Waals surface area contributed by atoms with E-state index in [2.05, 4.69) is 17.7 Å². The van der Waals surface area contributed by atoms with Crippen LogP contribution in [0.2, 0.25) is 0 Å². The average Bonchev–Trinajstić information content (AvgIpc) is 2.77. The number of amides is 1. The molecule has 1 unspecified atom stereocenters. The van der Waals surface area contributed by atoms with E-state index in [1.807, 2.05) is 23.1 Å². The highest BCUT2D eigenvalue weighted by Crippen LogP contribution is 2.28. The van der Waals surface area contributed by atoms with E-state index in [4.69, 9.17) is 4.98 Å². The van der Waals surface area contributed by atoms with Crippen LogP contribution in [0.3, 0.4) is 0 Å². The Kier molecular flexibility index (Phi) is 3.01. The van der Waals surface area contributed by atoms with Gasteiger partial charge in [-0.15, -0.1) is 0 Å². The largest absolute Gasteiger partial charge is 0.342 e. The third kappa shape index (κ3) is 2.11. The van der Waals surface area contributed by atoms with Crippen molar-refractivity contribution in [3.63, 3.8) is 0 Å². The molecule has 2 heterocycles. The predicted octanol–water partition coefficient (Wildman–Crippen LogP) is 2.30. The summed E-state index contributed by atoms with van der Waals surface area (Å²) in [5.41, 5.74) is 2.21. The van der Waals surface area contributed by atoms with Crippen molar-refractivity contribution in [2.75, 3.05) is 13.1 Å². The summed E-state index contributed by atoms with van der Waals surface area (Å²) in [6.07, 6.45) is 2.17. The van der Waals surface area contributed by atoms with Gasteiger partial charge in [0.1, 0.15) is 5.82 Å². The van der Waals surface area contributed by atoms with Gasteiger partial charge < -0.3 is 9.47 Å². The molecule has 3 rings (SSSR count). The fraction of sp³-hybridized carbons (Fsp3) is 0.467. The van der Waals surface area contributed by atoms with Crippen LogP contribution in [0.15, 0.2) is 24.3 Å². The summed E-state index contributed by atoms with van der Waals surface area (Å²) >= 11 is 0. The summed E-state index contributed by atoms with van der Waals surface area (Å²) in [6.45, 7) is 3.33. The lowest BCUT2D eigenvalue weighted by atomic mass is 9.97. The standard InChI is InChI=1S/C15H19N3O/c1-11(19)18-9-5-6-12(10-18)15-16-13-7-3-4-8-14(13)17(15)2/h3-4,7-8,12H,5-6,9-10H2,1-2H3. The Morgan fingerprint density at radius 3 is 2.89 bits per heavy atom. The quantitative estimate of drug-likeness (QED) is 0.786. The van der Waals surface area contributed by atoms with Gasteiger partial charge in [-0.1, -0.05) is 12.1 Å². The van der Waals surface area contributed by atoms with E-state index in [0.717, 1.165) is 42.8 Å². The van der Waals surface area contributed by atoms with Gasteiger partial charge in [0.2, 0.25) is 5.91 Å². The molecule has 0 spiro atoms. The van der Waals surface area contributed by atoms with E-state index < -0.39 is 0 Å². The Labute approximate surface area is 113 Å². The minimum atomic E-state index is 0.170. The number of fused-ring (bicyclic) bond motifs is 1. The van der Waals surface area contributed by atoms with Crippen LogP contribution < -0.4 is 0 Å². The topological polar surface area (TPSA) is 38.1 Å². The van der Waals surface area contributed by atoms with E-state index >= 15 is 0 Å². The molecule has 0 aliphatic carbocycles. The molecule has 0 saturated carbocycles. The Hall–Kier alpha value is -1.84. The molecule has 0 N–H and O–H groups in total. The number of hydrogen-bond acceptors (Lipinski definition) is 2. The lowest BCUT2D eigenvalue weighted by molar-refractivity contribution is -0.130. The van der Waals surface area contributed by atoms with E-state index in [0.29, 0.717) is 5.92 Å². The van der Waals surface area contributed by atoms with Gasteiger partial charge in [0.25, 0.3) is 0 Å². The first-order chi connectivity index (χ1) is 9.16. The van der Waals surface area contributed by atoms with Gasteiger partial charge >= 0.3 is 0 Å². The van der Waals surface area contributed by atoms with Crippen molar-refractivity contribution in [3.05, 3.63) is 30.1 Å². The van der Waals surface area contributed by atoms with E-state index in [9.17, 15) is 4.79 Å². The Morgan fingerprint density at radius 1 is 1.37 bits per heavy atom. The van der Waals surface area contributed by atoms with Crippen molar-refractivity contribution in [1.29, 1.82) is 0 Å². The highest BCUT2D eigenvalue weighted by molar-refractivity contribution is 5.76. The number of nitrogens with zero attached hydrogens (tertiary/aromatic N) is 3. The lowest BCUT2D eigenvalue weighted by Crippen LogP contribution is -2.38. The number of aromatic nitrogens is 2. The maximum atomic E-state index is 11.5. The highest BCUT2D eigenvalue weighted by atomic mass is 16.2. The average molecular weight is 257 g/mol. The van der Waals surface area contributed by atoms with Crippen molar-refractivity contribution >= 4 is 16.9 Å². The van der Waals surface area contributed by atoms with Gasteiger partial charge in [-0.2, -0.15) is 0 Å². The number of benzene rings is 1. The normalized spacial score (nSPS) is 19.9. The van der Waals surface area contributed by atoms with E-state index in [1.54, 1.807) is 6.92 Å². The molecule has 4 nitrogen and oxygen atoms in total. The molecule has 100 valence electrons. The van der Waals surface area contributed by atoms with Crippen LogP contribution in [0, 0.1) is 0 Å². The third-order valence-electron chi connectivity index (χ3n) is 4.05. The summed E-state index contributed by atoms with van der Waals surface area (Å²) < 4.78 is 2.17. The van der Waals surface area contributed by atoms with Crippen LogP contribution in [0.1, 0.15) is 31.5 Å². The number of likely N-dealkylation sites (tertiary alicyclic amines) is 1. The molecule has 0 radical (unpaired) electrons. The number of hydrogen-bond donors (Lipinski definition) is 0. The maximum absolute atomic E-state index is 11.5. The zero-order valence-electron chi connectivity index (χ0n) is 11.5. The molecule has 19 heavy (non-hydrogen) atoms. The summed E-state index contributed by atoms with van der Waals surface area (Å²) in [5.74, 6) is 1.63. The smallest absolute Gasteiger partial charge is 0.219 e. The first-order valence-corrected chi connectivity index (χ1v) is 6.83. The monoisotopic (exact) mass is 257 g/mol. The molecule has 1 aliphatic heterocycles. The molecular weight excluding hydrogens is 238 g/mol. The zero-order valence-corrected chi connectivity index (χ0v) is 11.5. The fourth-order valence-corrected chi connectivity index (χ4v) is 3.00. The molecule has 1 amide bonds. The second-order valence-electron chi connectivity index (χ2n) is 5.32. The summed E-state index contributed by atoms with van der Waals surface area (Å²) in [7, 11) is 2.07. The number of para-hydroxylation sites is 2. The van der Waals surface area contributed by atoms with Crippen molar-refractivity contribution < 1.29 is 4.79 Å². The Morgan fingerprint density at radius 2 is 2.16 bits per heavy atom. The minimum absolute atomic E-state index is 0.170. The molecule has 2 aromatic rings. The molecule has 1 aromatic carbocycles.